The third-order valence-electron chi connectivity index (χ3n) is 3.13. The van der Waals surface area contributed by atoms with Crippen LogP contribution in [0.1, 0.15) is 51.8 Å². The van der Waals surface area contributed by atoms with Crippen molar-refractivity contribution in [2.45, 2.75) is 51.5 Å². The maximum absolute atomic E-state index is 11.1. The Labute approximate surface area is 119 Å². The first-order valence-electron chi connectivity index (χ1n) is 7.09. The van der Waals surface area contributed by atoms with Crippen LogP contribution < -0.4 is 16.4 Å². The lowest BCUT2D eigenvalue weighted by molar-refractivity contribution is -0.118. The molecule has 0 unspecified atom stereocenters. The summed E-state index contributed by atoms with van der Waals surface area (Å²) in [7, 11) is 0. The summed E-state index contributed by atoms with van der Waals surface area (Å²) in [6.07, 6.45) is 2.56. The Morgan fingerprint density at radius 3 is 2.60 bits per heavy atom. The van der Waals surface area contributed by atoms with Crippen LogP contribution >= 0.6 is 0 Å². The number of anilines is 2. The number of nitrogens with one attached hydrogen (secondary N) is 2. The average molecular weight is 277 g/mol. The second kappa shape index (κ2) is 5.64. The van der Waals surface area contributed by atoms with Gasteiger partial charge >= 0.3 is 0 Å². The molecule has 20 heavy (non-hydrogen) atoms. The number of rotatable bonds is 7. The molecule has 1 aliphatic rings. The second-order valence-corrected chi connectivity index (χ2v) is 5.95. The first kappa shape index (κ1) is 14.6. The van der Waals surface area contributed by atoms with Gasteiger partial charge in [0, 0.05) is 30.5 Å². The lowest BCUT2D eigenvalue weighted by atomic mass is 10.0. The van der Waals surface area contributed by atoms with Crippen LogP contribution in [0.15, 0.2) is 6.07 Å². The number of aromatic nitrogens is 2. The van der Waals surface area contributed by atoms with E-state index < -0.39 is 5.54 Å². The van der Waals surface area contributed by atoms with Crippen molar-refractivity contribution in [3.8, 4) is 0 Å². The highest BCUT2D eigenvalue weighted by molar-refractivity contribution is 5.75. The topological polar surface area (TPSA) is 92.9 Å². The fourth-order valence-electron chi connectivity index (χ4n) is 2.15. The van der Waals surface area contributed by atoms with Crippen LogP contribution in [0.2, 0.25) is 0 Å². The molecule has 110 valence electrons. The molecule has 0 aliphatic heterocycles. The Hall–Kier alpha value is -1.85. The Kier molecular flexibility index (Phi) is 4.11. The van der Waals surface area contributed by atoms with E-state index in [2.05, 4.69) is 20.6 Å². The van der Waals surface area contributed by atoms with Gasteiger partial charge in [-0.25, -0.2) is 9.97 Å². The lowest BCUT2D eigenvalue weighted by Gasteiger charge is -2.25. The minimum Gasteiger partial charge on any atom is -0.370 e. The molecule has 2 rings (SSSR count). The molecule has 0 bridgehead atoms. The Bertz CT molecular complexity index is 496. The summed E-state index contributed by atoms with van der Waals surface area (Å²) in [5, 5.41) is 6.49. The predicted molar refractivity (Wildman–Crippen MR) is 79.7 cm³/mol. The first-order valence-corrected chi connectivity index (χ1v) is 7.09. The second-order valence-electron chi connectivity index (χ2n) is 5.95. The zero-order valence-electron chi connectivity index (χ0n) is 12.4. The third-order valence-corrected chi connectivity index (χ3v) is 3.13. The van der Waals surface area contributed by atoms with E-state index in [1.807, 2.05) is 26.8 Å². The summed E-state index contributed by atoms with van der Waals surface area (Å²) in [6, 6.07) is 1.87. The number of nitrogens with two attached hydrogens (primary N) is 1. The van der Waals surface area contributed by atoms with E-state index in [0.29, 0.717) is 5.92 Å². The molecule has 0 radical (unpaired) electrons. The highest BCUT2D eigenvalue weighted by Crippen LogP contribution is 2.39. The van der Waals surface area contributed by atoms with Crippen molar-refractivity contribution in [2.75, 3.05) is 17.2 Å². The van der Waals surface area contributed by atoms with E-state index in [1.54, 1.807) is 0 Å². The number of primary amides is 1. The van der Waals surface area contributed by atoms with E-state index in [4.69, 9.17) is 5.73 Å². The van der Waals surface area contributed by atoms with Crippen molar-refractivity contribution in [2.24, 2.45) is 5.73 Å². The van der Waals surface area contributed by atoms with Crippen LogP contribution in [0.25, 0.3) is 0 Å². The Morgan fingerprint density at radius 1 is 1.40 bits per heavy atom. The molecular formula is C14H23N5O. The molecule has 1 aliphatic carbocycles. The van der Waals surface area contributed by atoms with E-state index in [0.717, 1.165) is 36.8 Å². The van der Waals surface area contributed by atoms with Gasteiger partial charge in [-0.05, 0) is 33.6 Å². The molecule has 0 atom stereocenters. The van der Waals surface area contributed by atoms with Crippen LogP contribution in [0.5, 0.6) is 0 Å². The highest BCUT2D eigenvalue weighted by Gasteiger charge is 2.28. The third kappa shape index (κ3) is 4.08. The van der Waals surface area contributed by atoms with E-state index in [9.17, 15) is 4.79 Å². The van der Waals surface area contributed by atoms with Gasteiger partial charge in [-0.2, -0.15) is 0 Å². The lowest BCUT2D eigenvalue weighted by Crippen LogP contribution is -2.36. The maximum Gasteiger partial charge on any atom is 0.219 e. The number of hydrogen-bond acceptors (Lipinski definition) is 5. The van der Waals surface area contributed by atoms with Crippen molar-refractivity contribution in [1.29, 1.82) is 0 Å². The average Bonchev–Trinajstić information content (AvgIpc) is 3.09. The van der Waals surface area contributed by atoms with Crippen molar-refractivity contribution >= 4 is 17.5 Å². The molecule has 1 heterocycles. The maximum atomic E-state index is 11.1. The normalized spacial score (nSPS) is 14.9. The van der Waals surface area contributed by atoms with Gasteiger partial charge in [-0.15, -0.1) is 0 Å². The largest absolute Gasteiger partial charge is 0.370 e. The van der Waals surface area contributed by atoms with Gasteiger partial charge in [0.1, 0.15) is 17.5 Å². The van der Waals surface area contributed by atoms with E-state index in [-0.39, 0.29) is 12.3 Å². The van der Waals surface area contributed by atoms with Crippen LogP contribution in [-0.2, 0) is 4.79 Å². The minimum absolute atomic E-state index is 0.256. The van der Waals surface area contributed by atoms with Crippen molar-refractivity contribution < 1.29 is 4.79 Å². The fraction of sp³-hybridized carbons (Fsp3) is 0.643. The van der Waals surface area contributed by atoms with Gasteiger partial charge < -0.3 is 16.4 Å². The van der Waals surface area contributed by atoms with Crippen molar-refractivity contribution in [1.82, 2.24) is 9.97 Å². The number of hydrogen-bond donors (Lipinski definition) is 3. The van der Waals surface area contributed by atoms with E-state index in [1.165, 1.54) is 0 Å². The quantitative estimate of drug-likeness (QED) is 0.707. The molecule has 0 saturated heterocycles. The monoisotopic (exact) mass is 277 g/mol. The molecule has 0 aromatic carbocycles. The molecule has 1 aromatic rings. The molecule has 1 fully saturated rings. The van der Waals surface area contributed by atoms with Crippen molar-refractivity contribution in [3.63, 3.8) is 0 Å². The Morgan fingerprint density at radius 2 is 2.05 bits per heavy atom. The van der Waals surface area contributed by atoms with Crippen LogP contribution in [-0.4, -0.2) is 28.0 Å². The molecule has 4 N–H and O–H groups in total. The van der Waals surface area contributed by atoms with Gasteiger partial charge in [0.2, 0.25) is 5.91 Å². The number of amides is 1. The van der Waals surface area contributed by atoms with Crippen LogP contribution in [0.3, 0.4) is 0 Å². The smallest absolute Gasteiger partial charge is 0.219 e. The first-order chi connectivity index (χ1) is 9.39. The zero-order chi connectivity index (χ0) is 14.8. The molecule has 1 aromatic heterocycles. The summed E-state index contributed by atoms with van der Waals surface area (Å²) in [5.74, 6) is 2.59. The van der Waals surface area contributed by atoms with Crippen molar-refractivity contribution in [3.05, 3.63) is 11.9 Å². The molecular weight excluding hydrogens is 254 g/mol. The highest BCUT2D eigenvalue weighted by atomic mass is 16.1. The van der Waals surface area contributed by atoms with E-state index >= 15 is 0 Å². The number of nitrogens with zero attached hydrogens (tertiary/aromatic N) is 2. The van der Waals surface area contributed by atoms with Gasteiger partial charge in [0.25, 0.3) is 0 Å². The Balaban J connectivity index is 2.19. The van der Waals surface area contributed by atoms with Gasteiger partial charge in [0.05, 0.1) is 0 Å². The molecule has 6 heteroatoms. The predicted octanol–water partition coefficient (Wildman–Crippen LogP) is 1.85. The molecule has 6 nitrogen and oxygen atoms in total. The summed E-state index contributed by atoms with van der Waals surface area (Å²) in [6.45, 7) is 6.71. The number of carbonyl (C=O) groups is 1. The molecule has 1 amide bonds. The van der Waals surface area contributed by atoms with Gasteiger partial charge in [0.15, 0.2) is 0 Å². The summed E-state index contributed by atoms with van der Waals surface area (Å²) < 4.78 is 0. The van der Waals surface area contributed by atoms with Crippen LogP contribution in [0, 0.1) is 0 Å². The number of carbonyl (C=O) groups excluding carboxylic acids is 1. The SMILES string of the molecule is CCNc1cc(NC(C)(C)CC(N)=O)nc(C2CC2)n1. The van der Waals surface area contributed by atoms with Gasteiger partial charge in [-0.3, -0.25) is 4.79 Å². The summed E-state index contributed by atoms with van der Waals surface area (Å²) in [4.78, 5) is 20.2. The fourth-order valence-corrected chi connectivity index (χ4v) is 2.15. The summed E-state index contributed by atoms with van der Waals surface area (Å²) >= 11 is 0. The standard InChI is InChI=1S/C14H23N5O/c1-4-16-11-7-12(18-13(17-11)9-5-6-9)19-14(2,3)8-10(15)20/h7,9H,4-6,8H2,1-3H3,(H2,15,20)(H2,16,17,18,19). The molecule has 1 saturated carbocycles. The van der Waals surface area contributed by atoms with Gasteiger partial charge in [-0.1, -0.05) is 0 Å². The molecule has 0 spiro atoms. The zero-order valence-corrected chi connectivity index (χ0v) is 12.4. The minimum atomic E-state index is -0.426. The summed E-state index contributed by atoms with van der Waals surface area (Å²) in [5.41, 5.74) is 4.85. The van der Waals surface area contributed by atoms with Crippen LogP contribution in [0.4, 0.5) is 11.6 Å².